The van der Waals surface area contributed by atoms with E-state index in [2.05, 4.69) is 10.0 Å². The van der Waals surface area contributed by atoms with Crippen LogP contribution in [0.15, 0.2) is 47.4 Å². The molecule has 1 atom stereocenters. The first-order chi connectivity index (χ1) is 13.7. The summed E-state index contributed by atoms with van der Waals surface area (Å²) in [6.07, 6.45) is 1.26. The standard InChI is InChI=1S/C19H19Cl2N3O4S/c1-12(23-29(27,28)15-5-2-4-13(20)10-15)19(26)22-14-7-8-17(16(21)11-14)24-9-3-6-18(24)25/h2,4-5,7-8,10-12,23H,3,6,9H2,1H3,(H,22,26)/t12-/m0/s1. The van der Waals surface area contributed by atoms with Crippen LogP contribution in [0, 0.1) is 0 Å². The number of hydrogen-bond acceptors (Lipinski definition) is 4. The molecule has 7 nitrogen and oxygen atoms in total. The molecule has 0 unspecified atom stereocenters. The van der Waals surface area contributed by atoms with E-state index in [0.717, 1.165) is 6.42 Å². The first-order valence-electron chi connectivity index (χ1n) is 8.86. The van der Waals surface area contributed by atoms with Crippen molar-refractivity contribution in [3.8, 4) is 0 Å². The molecule has 0 saturated carbocycles. The van der Waals surface area contributed by atoms with Gasteiger partial charge in [-0.1, -0.05) is 29.3 Å². The third kappa shape index (κ3) is 5.08. The molecule has 1 aliphatic heterocycles. The number of amides is 2. The lowest BCUT2D eigenvalue weighted by Crippen LogP contribution is -2.41. The van der Waals surface area contributed by atoms with E-state index in [1.54, 1.807) is 23.1 Å². The average molecular weight is 456 g/mol. The van der Waals surface area contributed by atoms with Gasteiger partial charge in [0.25, 0.3) is 0 Å². The van der Waals surface area contributed by atoms with E-state index in [1.165, 1.54) is 31.2 Å². The van der Waals surface area contributed by atoms with Gasteiger partial charge in [-0.25, -0.2) is 8.42 Å². The molecule has 3 rings (SSSR count). The number of hydrogen-bond donors (Lipinski definition) is 2. The second-order valence-electron chi connectivity index (χ2n) is 6.60. The molecule has 2 amide bonds. The summed E-state index contributed by atoms with van der Waals surface area (Å²) in [6.45, 7) is 2.03. The molecule has 2 N–H and O–H groups in total. The first kappa shape index (κ1) is 21.6. The summed E-state index contributed by atoms with van der Waals surface area (Å²) in [6, 6.07) is 9.50. The van der Waals surface area contributed by atoms with Gasteiger partial charge >= 0.3 is 0 Å². The molecule has 29 heavy (non-hydrogen) atoms. The Kier molecular flexibility index (Phi) is 6.48. The fourth-order valence-corrected chi connectivity index (χ4v) is 4.73. The Labute approximate surface area is 179 Å². The number of benzene rings is 2. The van der Waals surface area contributed by atoms with Crippen molar-refractivity contribution in [3.63, 3.8) is 0 Å². The van der Waals surface area contributed by atoms with E-state index in [-0.39, 0.29) is 15.8 Å². The topological polar surface area (TPSA) is 95.6 Å². The summed E-state index contributed by atoms with van der Waals surface area (Å²) in [5, 5.41) is 3.22. The predicted octanol–water partition coefficient (Wildman–Crippen LogP) is 3.43. The van der Waals surface area contributed by atoms with E-state index in [1.807, 2.05) is 0 Å². The lowest BCUT2D eigenvalue weighted by Gasteiger charge is -2.19. The normalized spacial score (nSPS) is 15.4. The number of sulfonamides is 1. The first-order valence-corrected chi connectivity index (χ1v) is 11.1. The van der Waals surface area contributed by atoms with Gasteiger partial charge in [-0.15, -0.1) is 0 Å². The zero-order chi connectivity index (χ0) is 21.2. The number of nitrogens with zero attached hydrogens (tertiary/aromatic N) is 1. The summed E-state index contributed by atoms with van der Waals surface area (Å²) in [5.74, 6) is -0.551. The van der Waals surface area contributed by atoms with Gasteiger partial charge < -0.3 is 10.2 Å². The Morgan fingerprint density at radius 2 is 1.93 bits per heavy atom. The molecule has 1 heterocycles. The van der Waals surface area contributed by atoms with Gasteiger partial charge in [-0.3, -0.25) is 9.59 Å². The maximum Gasteiger partial charge on any atom is 0.242 e. The molecule has 0 aliphatic carbocycles. The van der Waals surface area contributed by atoms with Crippen LogP contribution in [0.1, 0.15) is 19.8 Å². The van der Waals surface area contributed by atoms with Crippen LogP contribution < -0.4 is 14.9 Å². The van der Waals surface area contributed by atoms with Crippen molar-refractivity contribution in [2.45, 2.75) is 30.7 Å². The number of rotatable bonds is 6. The summed E-state index contributed by atoms with van der Waals surface area (Å²) in [7, 11) is -3.92. The second-order valence-corrected chi connectivity index (χ2v) is 9.16. The molecule has 0 radical (unpaired) electrons. The lowest BCUT2D eigenvalue weighted by molar-refractivity contribution is -0.118. The van der Waals surface area contributed by atoms with Gasteiger partial charge in [0.2, 0.25) is 21.8 Å². The predicted molar refractivity (Wildman–Crippen MR) is 113 cm³/mol. The third-order valence-corrected chi connectivity index (χ3v) is 6.49. The number of carbonyl (C=O) groups excluding carboxylic acids is 2. The maximum atomic E-state index is 12.4. The minimum atomic E-state index is -3.92. The number of carbonyl (C=O) groups is 2. The Bertz CT molecular complexity index is 1060. The third-order valence-electron chi connectivity index (χ3n) is 4.41. The monoisotopic (exact) mass is 455 g/mol. The molecule has 0 bridgehead atoms. The molecule has 1 fully saturated rings. The molecule has 2 aromatic carbocycles. The van der Waals surface area contributed by atoms with Crippen molar-refractivity contribution in [1.82, 2.24) is 4.72 Å². The van der Waals surface area contributed by atoms with Crippen LogP contribution in [0.3, 0.4) is 0 Å². The van der Waals surface area contributed by atoms with E-state index < -0.39 is 22.0 Å². The molecular weight excluding hydrogens is 437 g/mol. The second kappa shape index (κ2) is 8.71. The van der Waals surface area contributed by atoms with E-state index >= 15 is 0 Å². The smallest absolute Gasteiger partial charge is 0.242 e. The highest BCUT2D eigenvalue weighted by atomic mass is 35.5. The van der Waals surface area contributed by atoms with Crippen molar-refractivity contribution < 1.29 is 18.0 Å². The highest BCUT2D eigenvalue weighted by Crippen LogP contribution is 2.31. The van der Waals surface area contributed by atoms with Crippen LogP contribution >= 0.6 is 23.2 Å². The van der Waals surface area contributed by atoms with E-state index in [9.17, 15) is 18.0 Å². The molecule has 10 heteroatoms. The van der Waals surface area contributed by atoms with Gasteiger partial charge in [-0.05, 0) is 49.7 Å². The molecule has 1 aliphatic rings. The molecule has 0 aromatic heterocycles. The van der Waals surface area contributed by atoms with Gasteiger partial charge in [-0.2, -0.15) is 4.72 Å². The van der Waals surface area contributed by atoms with Gasteiger partial charge in [0.05, 0.1) is 21.6 Å². The Morgan fingerprint density at radius 3 is 2.55 bits per heavy atom. The van der Waals surface area contributed by atoms with E-state index in [0.29, 0.717) is 29.4 Å². The highest BCUT2D eigenvalue weighted by molar-refractivity contribution is 7.89. The summed E-state index contributed by atoms with van der Waals surface area (Å²) in [5.41, 5.74) is 0.978. The number of halogens is 2. The van der Waals surface area contributed by atoms with Crippen molar-refractivity contribution in [1.29, 1.82) is 0 Å². The van der Waals surface area contributed by atoms with Crippen molar-refractivity contribution in [3.05, 3.63) is 52.5 Å². The molecule has 154 valence electrons. The summed E-state index contributed by atoms with van der Waals surface area (Å²) >= 11 is 12.1. The number of anilines is 2. The fourth-order valence-electron chi connectivity index (χ4n) is 2.95. The van der Waals surface area contributed by atoms with Crippen molar-refractivity contribution in [2.75, 3.05) is 16.8 Å². The van der Waals surface area contributed by atoms with Crippen LogP contribution in [-0.2, 0) is 19.6 Å². The van der Waals surface area contributed by atoms with Gasteiger partial charge in [0.15, 0.2) is 0 Å². The molecular formula is C19H19Cl2N3O4S. The quantitative estimate of drug-likeness (QED) is 0.697. The average Bonchev–Trinajstić information content (AvgIpc) is 3.07. The van der Waals surface area contributed by atoms with Crippen LogP contribution in [0.4, 0.5) is 11.4 Å². The summed E-state index contributed by atoms with van der Waals surface area (Å²) < 4.78 is 27.2. The van der Waals surface area contributed by atoms with Crippen LogP contribution in [0.2, 0.25) is 10.0 Å². The van der Waals surface area contributed by atoms with Gasteiger partial charge in [0, 0.05) is 23.7 Å². The molecule has 0 spiro atoms. The molecule has 1 saturated heterocycles. The summed E-state index contributed by atoms with van der Waals surface area (Å²) in [4.78, 5) is 25.9. The Balaban J connectivity index is 1.68. The van der Waals surface area contributed by atoms with Gasteiger partial charge in [0.1, 0.15) is 0 Å². The highest BCUT2D eigenvalue weighted by Gasteiger charge is 2.25. The largest absolute Gasteiger partial charge is 0.325 e. The van der Waals surface area contributed by atoms with Crippen molar-refractivity contribution in [2.24, 2.45) is 0 Å². The zero-order valence-electron chi connectivity index (χ0n) is 15.5. The van der Waals surface area contributed by atoms with Crippen LogP contribution in [0.25, 0.3) is 0 Å². The Morgan fingerprint density at radius 1 is 1.17 bits per heavy atom. The maximum absolute atomic E-state index is 12.4. The zero-order valence-corrected chi connectivity index (χ0v) is 17.8. The SMILES string of the molecule is C[C@H](NS(=O)(=O)c1cccc(Cl)c1)C(=O)Nc1ccc(N2CCCC2=O)c(Cl)c1. The minimum absolute atomic E-state index is 0.00716. The Hall–Kier alpha value is -2.13. The van der Waals surface area contributed by atoms with Crippen LogP contribution in [0.5, 0.6) is 0 Å². The van der Waals surface area contributed by atoms with Crippen LogP contribution in [-0.4, -0.2) is 32.8 Å². The minimum Gasteiger partial charge on any atom is -0.325 e. The lowest BCUT2D eigenvalue weighted by atomic mass is 10.2. The molecule has 2 aromatic rings. The fraction of sp³-hybridized carbons (Fsp3) is 0.263. The number of nitrogens with one attached hydrogen (secondary N) is 2. The van der Waals surface area contributed by atoms with E-state index in [4.69, 9.17) is 23.2 Å². The van der Waals surface area contributed by atoms with Crippen molar-refractivity contribution >= 4 is 56.4 Å².